The molecule has 2 rings (SSSR count). The molecule has 94 valence electrons. The average Bonchev–Trinajstić information content (AvgIpc) is 2.89. The van der Waals surface area contributed by atoms with Crippen molar-refractivity contribution in [3.63, 3.8) is 0 Å². The molecule has 18 heavy (non-hydrogen) atoms. The minimum absolute atomic E-state index is 0.423. The molecule has 0 aliphatic carbocycles. The largest absolute Gasteiger partial charge is 0.467 e. The van der Waals surface area contributed by atoms with Crippen LogP contribution >= 0.6 is 0 Å². The van der Waals surface area contributed by atoms with Gasteiger partial charge in [-0.25, -0.2) is 4.99 Å². The van der Waals surface area contributed by atoms with Crippen molar-refractivity contribution in [3.8, 4) is 0 Å². The van der Waals surface area contributed by atoms with Gasteiger partial charge in [0.15, 0.2) is 5.96 Å². The minimum atomic E-state index is 0.423. The van der Waals surface area contributed by atoms with E-state index in [2.05, 4.69) is 41.5 Å². The molecule has 1 aromatic heterocycles. The van der Waals surface area contributed by atoms with E-state index in [1.807, 2.05) is 12.1 Å². The van der Waals surface area contributed by atoms with Gasteiger partial charge in [0.05, 0.1) is 19.4 Å². The maximum atomic E-state index is 5.77. The maximum absolute atomic E-state index is 5.77. The summed E-state index contributed by atoms with van der Waals surface area (Å²) in [5.74, 6) is 1.26. The number of hydrogen-bond donors (Lipinski definition) is 2. The predicted octanol–water partition coefficient (Wildman–Crippen LogP) is 2.19. The molecule has 0 atom stereocenters. The highest BCUT2D eigenvalue weighted by Crippen LogP contribution is 2.04. The average molecular weight is 243 g/mol. The lowest BCUT2D eigenvalue weighted by molar-refractivity contribution is 0.502. The standard InChI is InChI=1S/C14H17N3O/c1-11-4-6-12(7-5-11)9-16-14(15)17-10-13-3-2-8-18-13/h2-8H,9-10H2,1H3,(H3,15,16,17). The summed E-state index contributed by atoms with van der Waals surface area (Å²) < 4.78 is 5.19. The normalized spacial score (nSPS) is 11.5. The molecule has 0 unspecified atom stereocenters. The summed E-state index contributed by atoms with van der Waals surface area (Å²) in [7, 11) is 0. The van der Waals surface area contributed by atoms with Crippen LogP contribution in [0, 0.1) is 6.92 Å². The van der Waals surface area contributed by atoms with Crippen LogP contribution in [0.3, 0.4) is 0 Å². The molecule has 0 saturated carbocycles. The Bertz CT molecular complexity index is 500. The number of nitrogens with zero attached hydrogens (tertiary/aromatic N) is 1. The molecule has 0 amide bonds. The molecule has 2 aromatic rings. The lowest BCUT2D eigenvalue weighted by atomic mass is 10.1. The summed E-state index contributed by atoms with van der Waals surface area (Å²) in [6, 6.07) is 12.0. The van der Waals surface area contributed by atoms with E-state index >= 15 is 0 Å². The van der Waals surface area contributed by atoms with Gasteiger partial charge in [0.2, 0.25) is 0 Å². The van der Waals surface area contributed by atoms with Gasteiger partial charge in [0.25, 0.3) is 0 Å². The molecular formula is C14H17N3O. The van der Waals surface area contributed by atoms with Crippen molar-refractivity contribution in [2.24, 2.45) is 10.7 Å². The molecule has 1 heterocycles. The zero-order valence-corrected chi connectivity index (χ0v) is 10.4. The van der Waals surface area contributed by atoms with Gasteiger partial charge >= 0.3 is 0 Å². The van der Waals surface area contributed by atoms with Gasteiger partial charge in [-0.2, -0.15) is 0 Å². The highest BCUT2D eigenvalue weighted by Gasteiger charge is 1.96. The second-order valence-corrected chi connectivity index (χ2v) is 4.12. The first-order valence-corrected chi connectivity index (χ1v) is 5.86. The SMILES string of the molecule is Cc1ccc(CN=C(N)NCc2ccco2)cc1. The molecular weight excluding hydrogens is 226 g/mol. The smallest absolute Gasteiger partial charge is 0.189 e. The maximum Gasteiger partial charge on any atom is 0.189 e. The number of nitrogens with two attached hydrogens (primary N) is 1. The van der Waals surface area contributed by atoms with E-state index in [9.17, 15) is 0 Å². The number of aryl methyl sites for hydroxylation is 1. The Morgan fingerprint density at radius 2 is 2.06 bits per heavy atom. The summed E-state index contributed by atoms with van der Waals surface area (Å²) in [5.41, 5.74) is 8.15. The molecule has 0 aliphatic rings. The zero-order chi connectivity index (χ0) is 12.8. The minimum Gasteiger partial charge on any atom is -0.467 e. The Hall–Kier alpha value is -2.23. The second kappa shape index (κ2) is 5.91. The molecule has 0 fully saturated rings. The van der Waals surface area contributed by atoms with Gasteiger partial charge in [-0.3, -0.25) is 0 Å². The van der Waals surface area contributed by atoms with Crippen LogP contribution in [0.15, 0.2) is 52.1 Å². The summed E-state index contributed by atoms with van der Waals surface area (Å²) in [6.07, 6.45) is 1.64. The highest BCUT2D eigenvalue weighted by atomic mass is 16.3. The molecule has 3 N–H and O–H groups in total. The highest BCUT2D eigenvalue weighted by molar-refractivity contribution is 5.77. The molecule has 0 aliphatic heterocycles. The summed E-state index contributed by atoms with van der Waals surface area (Å²) in [4.78, 5) is 4.27. The molecule has 0 bridgehead atoms. The first-order chi connectivity index (χ1) is 8.74. The third-order valence-corrected chi connectivity index (χ3v) is 2.58. The van der Waals surface area contributed by atoms with Crippen molar-refractivity contribution in [2.75, 3.05) is 0 Å². The Kier molecular flexibility index (Phi) is 4.02. The third kappa shape index (κ3) is 3.66. The number of hydrogen-bond acceptors (Lipinski definition) is 2. The van der Waals surface area contributed by atoms with Crippen molar-refractivity contribution >= 4 is 5.96 Å². The van der Waals surface area contributed by atoms with Crippen LogP contribution in [0.4, 0.5) is 0 Å². The van der Waals surface area contributed by atoms with Gasteiger partial charge in [0.1, 0.15) is 5.76 Å². The van der Waals surface area contributed by atoms with Crippen LogP contribution in [-0.2, 0) is 13.1 Å². The first-order valence-electron chi connectivity index (χ1n) is 5.86. The third-order valence-electron chi connectivity index (χ3n) is 2.58. The molecule has 0 saturated heterocycles. The van der Waals surface area contributed by atoms with Gasteiger partial charge in [-0.15, -0.1) is 0 Å². The van der Waals surface area contributed by atoms with Crippen LogP contribution in [0.2, 0.25) is 0 Å². The van der Waals surface area contributed by atoms with Crippen LogP contribution in [0.25, 0.3) is 0 Å². The van der Waals surface area contributed by atoms with Crippen LogP contribution < -0.4 is 11.1 Å². The lowest BCUT2D eigenvalue weighted by Crippen LogP contribution is -2.30. The van der Waals surface area contributed by atoms with Gasteiger partial charge in [-0.05, 0) is 24.6 Å². The molecule has 4 nitrogen and oxygen atoms in total. The number of nitrogens with one attached hydrogen (secondary N) is 1. The Labute approximate surface area is 107 Å². The van der Waals surface area contributed by atoms with E-state index < -0.39 is 0 Å². The van der Waals surface area contributed by atoms with Crippen LogP contribution in [0.1, 0.15) is 16.9 Å². The fraction of sp³-hybridized carbons (Fsp3) is 0.214. The molecule has 1 aromatic carbocycles. The van der Waals surface area contributed by atoms with Gasteiger partial charge in [-0.1, -0.05) is 29.8 Å². The van der Waals surface area contributed by atoms with Gasteiger partial charge in [0, 0.05) is 0 Å². The summed E-state index contributed by atoms with van der Waals surface area (Å²) in [5, 5.41) is 3.00. The lowest BCUT2D eigenvalue weighted by Gasteiger charge is -2.03. The fourth-order valence-corrected chi connectivity index (χ4v) is 1.52. The number of rotatable bonds is 4. The fourth-order valence-electron chi connectivity index (χ4n) is 1.52. The van der Waals surface area contributed by atoms with Crippen molar-refractivity contribution in [1.82, 2.24) is 5.32 Å². The monoisotopic (exact) mass is 243 g/mol. The number of aliphatic imine (C=N–C) groups is 1. The zero-order valence-electron chi connectivity index (χ0n) is 10.4. The van der Waals surface area contributed by atoms with Crippen molar-refractivity contribution in [2.45, 2.75) is 20.0 Å². The van der Waals surface area contributed by atoms with E-state index in [1.54, 1.807) is 6.26 Å². The molecule has 0 spiro atoms. The summed E-state index contributed by atoms with van der Waals surface area (Å²) in [6.45, 7) is 3.19. The van der Waals surface area contributed by atoms with Gasteiger partial charge < -0.3 is 15.5 Å². The predicted molar refractivity (Wildman–Crippen MR) is 72.1 cm³/mol. The Balaban J connectivity index is 1.83. The Morgan fingerprint density at radius 3 is 2.72 bits per heavy atom. The summed E-state index contributed by atoms with van der Waals surface area (Å²) >= 11 is 0. The van der Waals surface area contributed by atoms with Crippen LogP contribution in [0.5, 0.6) is 0 Å². The van der Waals surface area contributed by atoms with Crippen LogP contribution in [-0.4, -0.2) is 5.96 Å². The quantitative estimate of drug-likeness (QED) is 0.639. The van der Waals surface area contributed by atoms with E-state index in [0.717, 1.165) is 11.3 Å². The number of furan rings is 1. The molecule has 0 radical (unpaired) electrons. The van der Waals surface area contributed by atoms with Crippen molar-refractivity contribution in [3.05, 3.63) is 59.5 Å². The second-order valence-electron chi connectivity index (χ2n) is 4.12. The first kappa shape index (κ1) is 12.2. The van der Waals surface area contributed by atoms with E-state index in [4.69, 9.17) is 10.2 Å². The Morgan fingerprint density at radius 1 is 1.28 bits per heavy atom. The topological polar surface area (TPSA) is 63.5 Å². The van der Waals surface area contributed by atoms with Crippen molar-refractivity contribution < 1.29 is 4.42 Å². The number of benzene rings is 1. The van der Waals surface area contributed by atoms with E-state index in [-0.39, 0.29) is 0 Å². The molecule has 4 heteroatoms. The van der Waals surface area contributed by atoms with E-state index in [1.165, 1.54) is 5.56 Å². The van der Waals surface area contributed by atoms with Crippen molar-refractivity contribution in [1.29, 1.82) is 0 Å². The number of guanidine groups is 1. The van der Waals surface area contributed by atoms with E-state index in [0.29, 0.717) is 19.0 Å².